The van der Waals surface area contributed by atoms with Gasteiger partial charge in [0.05, 0.1) is 17.6 Å². The smallest absolute Gasteiger partial charge is 0.340 e. The fourth-order valence-corrected chi connectivity index (χ4v) is 3.91. The van der Waals surface area contributed by atoms with Crippen molar-refractivity contribution in [2.24, 2.45) is 5.92 Å². The van der Waals surface area contributed by atoms with Crippen LogP contribution in [0.3, 0.4) is 0 Å². The molecule has 1 unspecified atom stereocenters. The summed E-state index contributed by atoms with van der Waals surface area (Å²) in [6.45, 7) is 8.41. The highest BCUT2D eigenvalue weighted by Crippen LogP contribution is 2.24. The van der Waals surface area contributed by atoms with E-state index in [1.165, 1.54) is 0 Å². The zero-order chi connectivity index (χ0) is 22.5. The maximum Gasteiger partial charge on any atom is 0.340 e. The van der Waals surface area contributed by atoms with Crippen LogP contribution in [0, 0.1) is 19.8 Å². The van der Waals surface area contributed by atoms with E-state index in [0.717, 1.165) is 18.4 Å². The lowest BCUT2D eigenvalue weighted by Gasteiger charge is -2.32. The zero-order valence-corrected chi connectivity index (χ0v) is 18.5. The Morgan fingerprint density at radius 1 is 1.32 bits per heavy atom. The van der Waals surface area contributed by atoms with Crippen molar-refractivity contribution < 1.29 is 19.1 Å². The van der Waals surface area contributed by atoms with E-state index in [1.807, 2.05) is 12.1 Å². The van der Waals surface area contributed by atoms with Crippen LogP contribution in [0.1, 0.15) is 64.4 Å². The van der Waals surface area contributed by atoms with Gasteiger partial charge < -0.3 is 19.9 Å². The van der Waals surface area contributed by atoms with Crippen molar-refractivity contribution in [3.8, 4) is 0 Å². The normalized spacial score (nSPS) is 16.3. The summed E-state index contributed by atoms with van der Waals surface area (Å²) in [5.41, 5.74) is 2.90. The van der Waals surface area contributed by atoms with Crippen LogP contribution in [-0.2, 0) is 16.1 Å². The minimum absolute atomic E-state index is 0.0676. The van der Waals surface area contributed by atoms with E-state index < -0.39 is 5.97 Å². The van der Waals surface area contributed by atoms with Crippen molar-refractivity contribution >= 4 is 17.8 Å². The molecule has 1 aliphatic heterocycles. The molecule has 0 spiro atoms. The van der Waals surface area contributed by atoms with Gasteiger partial charge in [-0.1, -0.05) is 6.07 Å². The maximum atomic E-state index is 13.2. The average molecular weight is 427 g/mol. The summed E-state index contributed by atoms with van der Waals surface area (Å²) in [5.74, 6) is -0.974. The molecule has 1 atom stereocenters. The fraction of sp³-hybridized carbons (Fsp3) is 0.478. The molecule has 0 saturated carbocycles. The lowest BCUT2D eigenvalue weighted by molar-refractivity contribution is -0.126. The van der Waals surface area contributed by atoms with E-state index in [4.69, 9.17) is 4.74 Å². The van der Waals surface area contributed by atoms with Gasteiger partial charge >= 0.3 is 5.97 Å². The fourth-order valence-electron chi connectivity index (χ4n) is 3.91. The number of piperidine rings is 1. The van der Waals surface area contributed by atoms with Crippen molar-refractivity contribution in [1.82, 2.24) is 20.2 Å². The Kier molecular flexibility index (Phi) is 7.09. The van der Waals surface area contributed by atoms with Crippen LogP contribution < -0.4 is 5.32 Å². The molecule has 31 heavy (non-hydrogen) atoms. The van der Waals surface area contributed by atoms with E-state index >= 15 is 0 Å². The summed E-state index contributed by atoms with van der Waals surface area (Å²) in [6.07, 6.45) is 4.65. The van der Waals surface area contributed by atoms with Crippen LogP contribution in [0.4, 0.5) is 0 Å². The molecule has 0 radical (unpaired) electrons. The summed E-state index contributed by atoms with van der Waals surface area (Å²) in [6, 6.07) is 3.73. The number of rotatable bonds is 6. The number of aromatic nitrogens is 2. The third-order valence-electron chi connectivity index (χ3n) is 5.47. The summed E-state index contributed by atoms with van der Waals surface area (Å²) in [5, 5.41) is 2.94. The Bertz CT molecular complexity index is 952. The Morgan fingerprint density at radius 2 is 2.10 bits per heavy atom. The molecule has 1 aliphatic rings. The van der Waals surface area contributed by atoms with Crippen LogP contribution in [0.15, 0.2) is 24.5 Å². The number of aromatic amines is 1. The highest BCUT2D eigenvalue weighted by atomic mass is 16.5. The van der Waals surface area contributed by atoms with Gasteiger partial charge in [0.15, 0.2) is 0 Å². The summed E-state index contributed by atoms with van der Waals surface area (Å²) in [4.78, 5) is 47.0. The number of carbonyl (C=O) groups is 3. The quantitative estimate of drug-likeness (QED) is 0.691. The van der Waals surface area contributed by atoms with E-state index in [2.05, 4.69) is 15.3 Å². The molecule has 3 heterocycles. The molecule has 8 heteroatoms. The molecular formula is C23H30N4O4. The number of likely N-dealkylation sites (tertiary alicyclic amines) is 1. The molecule has 8 nitrogen and oxygen atoms in total. The first-order valence-electron chi connectivity index (χ1n) is 10.6. The number of esters is 1. The zero-order valence-electron chi connectivity index (χ0n) is 18.5. The highest BCUT2D eigenvalue weighted by Gasteiger charge is 2.31. The Hall–Kier alpha value is -3.16. The summed E-state index contributed by atoms with van der Waals surface area (Å²) < 4.78 is 5.31. The minimum Gasteiger partial charge on any atom is -0.459 e. The van der Waals surface area contributed by atoms with E-state index in [9.17, 15) is 14.4 Å². The van der Waals surface area contributed by atoms with Gasteiger partial charge in [0.2, 0.25) is 5.91 Å². The molecule has 1 fully saturated rings. The number of nitrogens with zero attached hydrogens (tertiary/aromatic N) is 2. The molecule has 166 valence electrons. The van der Waals surface area contributed by atoms with Crippen molar-refractivity contribution in [1.29, 1.82) is 0 Å². The number of hydrogen-bond acceptors (Lipinski definition) is 5. The van der Waals surface area contributed by atoms with Gasteiger partial charge in [-0.15, -0.1) is 0 Å². The van der Waals surface area contributed by atoms with E-state index in [-0.39, 0.29) is 23.8 Å². The Labute approximate surface area is 182 Å². The van der Waals surface area contributed by atoms with E-state index in [0.29, 0.717) is 42.1 Å². The lowest BCUT2D eigenvalue weighted by atomic mass is 9.96. The Morgan fingerprint density at radius 3 is 2.77 bits per heavy atom. The number of carbonyl (C=O) groups excluding carboxylic acids is 3. The van der Waals surface area contributed by atoms with Crippen LogP contribution in [0.5, 0.6) is 0 Å². The molecule has 2 amide bonds. The number of H-pyrrole nitrogens is 1. The van der Waals surface area contributed by atoms with Gasteiger partial charge in [-0.2, -0.15) is 0 Å². The number of hydrogen-bond donors (Lipinski definition) is 2. The van der Waals surface area contributed by atoms with Crippen LogP contribution in [0.25, 0.3) is 0 Å². The van der Waals surface area contributed by atoms with Gasteiger partial charge in [-0.25, -0.2) is 4.79 Å². The molecule has 3 rings (SSSR count). The molecule has 0 bridgehead atoms. The molecule has 0 aromatic carbocycles. The minimum atomic E-state index is -0.438. The maximum absolute atomic E-state index is 13.2. The third-order valence-corrected chi connectivity index (χ3v) is 5.47. The van der Waals surface area contributed by atoms with Crippen molar-refractivity contribution in [2.45, 2.75) is 53.2 Å². The molecule has 2 aromatic rings. The highest BCUT2D eigenvalue weighted by molar-refractivity contribution is 6.00. The monoisotopic (exact) mass is 426 g/mol. The molecule has 2 N–H and O–H groups in total. The van der Waals surface area contributed by atoms with Gasteiger partial charge in [-0.05, 0) is 57.7 Å². The first-order chi connectivity index (χ1) is 14.8. The second-order valence-electron chi connectivity index (χ2n) is 8.25. The Balaban J connectivity index is 1.67. The topological polar surface area (TPSA) is 104 Å². The molecule has 0 aliphatic carbocycles. The standard InChI is InChI=1S/C23H30N4O4/c1-14(2)31-23(30)19-15(3)20(26-16(19)4)22(29)27-10-6-8-18(13-27)21(28)25-12-17-7-5-9-24-11-17/h5,7,9,11,14,18,26H,6,8,10,12-13H2,1-4H3,(H,25,28). The second-order valence-corrected chi connectivity index (χ2v) is 8.25. The average Bonchev–Trinajstić information content (AvgIpc) is 3.05. The van der Waals surface area contributed by atoms with Crippen molar-refractivity contribution in [3.05, 3.63) is 52.6 Å². The summed E-state index contributed by atoms with van der Waals surface area (Å²) >= 11 is 0. The number of ether oxygens (including phenoxy) is 1. The third kappa shape index (κ3) is 5.31. The van der Waals surface area contributed by atoms with E-state index in [1.54, 1.807) is 45.0 Å². The van der Waals surface area contributed by atoms with Crippen molar-refractivity contribution in [3.63, 3.8) is 0 Å². The number of amides is 2. The van der Waals surface area contributed by atoms with Gasteiger partial charge in [-0.3, -0.25) is 14.6 Å². The SMILES string of the molecule is Cc1[nH]c(C(=O)N2CCCC(C(=O)NCc3cccnc3)C2)c(C)c1C(=O)OC(C)C. The largest absolute Gasteiger partial charge is 0.459 e. The first-order valence-corrected chi connectivity index (χ1v) is 10.6. The molecular weight excluding hydrogens is 396 g/mol. The van der Waals surface area contributed by atoms with Crippen LogP contribution in [-0.4, -0.2) is 51.8 Å². The van der Waals surface area contributed by atoms with Crippen LogP contribution in [0.2, 0.25) is 0 Å². The van der Waals surface area contributed by atoms with Crippen LogP contribution >= 0.6 is 0 Å². The summed E-state index contributed by atoms with van der Waals surface area (Å²) in [7, 11) is 0. The first kappa shape index (κ1) is 22.5. The number of pyridine rings is 1. The van der Waals surface area contributed by atoms with Crippen molar-refractivity contribution in [2.75, 3.05) is 13.1 Å². The van der Waals surface area contributed by atoms with Gasteiger partial charge in [0.25, 0.3) is 5.91 Å². The predicted octanol–water partition coefficient (Wildman–Crippen LogP) is 2.76. The molecule has 2 aromatic heterocycles. The van der Waals surface area contributed by atoms with Gasteiger partial charge in [0, 0.05) is 37.7 Å². The van der Waals surface area contributed by atoms with Gasteiger partial charge in [0.1, 0.15) is 5.69 Å². The number of aryl methyl sites for hydroxylation is 1. The number of nitrogens with one attached hydrogen (secondary N) is 2. The predicted molar refractivity (Wildman–Crippen MR) is 116 cm³/mol. The second kappa shape index (κ2) is 9.76. The molecule has 1 saturated heterocycles. The lowest BCUT2D eigenvalue weighted by Crippen LogP contribution is -2.45.